The van der Waals surface area contributed by atoms with Crippen molar-refractivity contribution < 1.29 is 27.5 Å². The van der Waals surface area contributed by atoms with E-state index in [1.54, 1.807) is 41.3 Å². The number of hydrogen-bond donors (Lipinski definition) is 0. The first-order valence-corrected chi connectivity index (χ1v) is 11.8. The minimum atomic E-state index is -3.20. The average molecular weight is 447 g/mol. The number of carbonyl (C=O) groups excluding carboxylic acids is 2. The smallest absolute Gasteiger partial charge is 0.415 e. The highest BCUT2D eigenvalue weighted by molar-refractivity contribution is 7.90. The molecule has 1 fully saturated rings. The number of carbonyl (C=O) groups is 2. The summed E-state index contributed by atoms with van der Waals surface area (Å²) in [6.45, 7) is 3.31. The van der Waals surface area contributed by atoms with Crippen molar-refractivity contribution in [1.82, 2.24) is 9.80 Å². The zero-order chi connectivity index (χ0) is 22.4. The second kappa shape index (κ2) is 9.93. The van der Waals surface area contributed by atoms with Crippen LogP contribution in [-0.2, 0) is 21.1 Å². The minimum Gasteiger partial charge on any atom is -0.465 e. The van der Waals surface area contributed by atoms with Crippen molar-refractivity contribution in [2.75, 3.05) is 39.5 Å². The molecular formula is C22H26N2O6S. The van der Waals surface area contributed by atoms with Gasteiger partial charge in [0.15, 0.2) is 9.84 Å². The van der Waals surface area contributed by atoms with Gasteiger partial charge in [-0.05, 0) is 48.4 Å². The third-order valence-corrected chi connectivity index (χ3v) is 6.21. The molecular weight excluding hydrogens is 420 g/mol. The molecule has 2 aromatic carbocycles. The number of sulfone groups is 1. The summed E-state index contributed by atoms with van der Waals surface area (Å²) in [7, 11) is -1.89. The normalized spacial score (nSPS) is 15.2. The van der Waals surface area contributed by atoms with Crippen LogP contribution in [0, 0.1) is 0 Å². The molecule has 0 spiro atoms. The SMILES string of the molecule is COC(=O)c1ccc(OC(=O)N2CCCN(Cc3ccc(S(C)(=O)=O)cc3)CC2)cc1. The third-order valence-electron chi connectivity index (χ3n) is 5.08. The number of amides is 1. The van der Waals surface area contributed by atoms with E-state index in [2.05, 4.69) is 9.64 Å². The molecule has 0 aromatic heterocycles. The monoisotopic (exact) mass is 446 g/mol. The van der Waals surface area contributed by atoms with Crippen LogP contribution >= 0.6 is 0 Å². The molecule has 1 aliphatic rings. The van der Waals surface area contributed by atoms with E-state index in [0.29, 0.717) is 42.4 Å². The molecule has 0 aliphatic carbocycles. The molecule has 8 nitrogen and oxygen atoms in total. The second-order valence-electron chi connectivity index (χ2n) is 7.42. The number of hydrogen-bond acceptors (Lipinski definition) is 7. The van der Waals surface area contributed by atoms with Crippen molar-refractivity contribution in [3.8, 4) is 5.75 Å². The lowest BCUT2D eigenvalue weighted by molar-refractivity contribution is 0.0600. The lowest BCUT2D eigenvalue weighted by atomic mass is 10.2. The van der Waals surface area contributed by atoms with Gasteiger partial charge in [0.05, 0.1) is 17.6 Å². The zero-order valence-corrected chi connectivity index (χ0v) is 18.4. The van der Waals surface area contributed by atoms with Gasteiger partial charge in [-0.25, -0.2) is 18.0 Å². The van der Waals surface area contributed by atoms with Gasteiger partial charge >= 0.3 is 12.1 Å². The molecule has 0 radical (unpaired) electrons. The van der Waals surface area contributed by atoms with E-state index in [1.165, 1.54) is 13.4 Å². The standard InChI is InChI=1S/C22H26N2O6S/c1-29-21(25)18-6-8-19(9-7-18)30-22(26)24-13-3-12-23(14-15-24)16-17-4-10-20(11-5-17)31(2,27)28/h4-11H,3,12-16H2,1-2H3. The molecule has 1 saturated heterocycles. The molecule has 0 saturated carbocycles. The van der Waals surface area contributed by atoms with Gasteiger partial charge in [0.25, 0.3) is 0 Å². The Bertz CT molecular complexity index is 1020. The van der Waals surface area contributed by atoms with Crippen LogP contribution in [0.1, 0.15) is 22.3 Å². The molecule has 166 valence electrons. The summed E-state index contributed by atoms with van der Waals surface area (Å²) in [5.41, 5.74) is 1.41. The second-order valence-corrected chi connectivity index (χ2v) is 9.43. The Balaban J connectivity index is 1.53. The van der Waals surface area contributed by atoms with E-state index in [4.69, 9.17) is 4.74 Å². The first-order chi connectivity index (χ1) is 14.8. The highest BCUT2D eigenvalue weighted by Gasteiger charge is 2.21. The van der Waals surface area contributed by atoms with Gasteiger partial charge in [0.1, 0.15) is 5.75 Å². The molecule has 0 unspecified atom stereocenters. The molecule has 31 heavy (non-hydrogen) atoms. The number of methoxy groups -OCH3 is 1. The van der Waals surface area contributed by atoms with E-state index >= 15 is 0 Å². The maximum absolute atomic E-state index is 12.5. The van der Waals surface area contributed by atoms with Crippen LogP contribution in [0.25, 0.3) is 0 Å². The fourth-order valence-electron chi connectivity index (χ4n) is 3.35. The number of esters is 1. The van der Waals surface area contributed by atoms with Gasteiger partial charge in [-0.3, -0.25) is 4.90 Å². The van der Waals surface area contributed by atoms with E-state index in [1.807, 2.05) is 12.1 Å². The molecule has 0 bridgehead atoms. The number of ether oxygens (including phenoxy) is 2. The highest BCUT2D eigenvalue weighted by Crippen LogP contribution is 2.16. The Morgan fingerprint density at radius 2 is 1.61 bits per heavy atom. The van der Waals surface area contributed by atoms with Gasteiger partial charge in [-0.2, -0.15) is 0 Å². The van der Waals surface area contributed by atoms with Gasteiger partial charge in [0, 0.05) is 39.0 Å². The number of rotatable bonds is 5. The van der Waals surface area contributed by atoms with Crippen molar-refractivity contribution in [2.24, 2.45) is 0 Å². The Morgan fingerprint density at radius 3 is 2.23 bits per heavy atom. The predicted octanol–water partition coefficient (Wildman–Crippen LogP) is 2.58. The quantitative estimate of drug-likeness (QED) is 0.652. The fraction of sp³-hybridized carbons (Fsp3) is 0.364. The molecule has 1 aliphatic heterocycles. The van der Waals surface area contributed by atoms with Crippen LogP contribution in [0.15, 0.2) is 53.4 Å². The summed E-state index contributed by atoms with van der Waals surface area (Å²) in [6, 6.07) is 13.1. The predicted molar refractivity (Wildman–Crippen MR) is 115 cm³/mol. The molecule has 1 heterocycles. The van der Waals surface area contributed by atoms with Crippen LogP contribution in [0.5, 0.6) is 5.75 Å². The Hall–Kier alpha value is -2.91. The summed E-state index contributed by atoms with van der Waals surface area (Å²) in [4.78, 5) is 28.2. The number of nitrogens with zero attached hydrogens (tertiary/aromatic N) is 2. The summed E-state index contributed by atoms with van der Waals surface area (Å²) >= 11 is 0. The van der Waals surface area contributed by atoms with Crippen molar-refractivity contribution >= 4 is 21.9 Å². The van der Waals surface area contributed by atoms with Crippen LogP contribution in [-0.4, -0.2) is 69.8 Å². The molecule has 3 rings (SSSR count). The van der Waals surface area contributed by atoms with E-state index in [-0.39, 0.29) is 0 Å². The highest BCUT2D eigenvalue weighted by atomic mass is 32.2. The topological polar surface area (TPSA) is 93.2 Å². The minimum absolute atomic E-state index is 0.306. The van der Waals surface area contributed by atoms with Crippen LogP contribution in [0.3, 0.4) is 0 Å². The Labute approximate surface area is 182 Å². The number of benzene rings is 2. The summed E-state index contributed by atoms with van der Waals surface area (Å²) in [5.74, 6) is -0.0823. The molecule has 0 N–H and O–H groups in total. The maximum atomic E-state index is 12.5. The van der Waals surface area contributed by atoms with Gasteiger partial charge in [0.2, 0.25) is 0 Å². The molecule has 9 heteroatoms. The maximum Gasteiger partial charge on any atom is 0.415 e. The van der Waals surface area contributed by atoms with Gasteiger partial charge in [-0.1, -0.05) is 12.1 Å². The Morgan fingerprint density at radius 1 is 0.935 bits per heavy atom. The van der Waals surface area contributed by atoms with Crippen molar-refractivity contribution in [3.05, 3.63) is 59.7 Å². The first-order valence-electron chi connectivity index (χ1n) is 9.93. The lowest BCUT2D eigenvalue weighted by Crippen LogP contribution is -2.37. The van der Waals surface area contributed by atoms with E-state index in [0.717, 1.165) is 18.5 Å². The Kier molecular flexibility index (Phi) is 7.29. The van der Waals surface area contributed by atoms with Crippen LogP contribution < -0.4 is 4.74 Å². The lowest BCUT2D eigenvalue weighted by Gasteiger charge is -2.21. The molecule has 2 aromatic rings. The fourth-order valence-corrected chi connectivity index (χ4v) is 3.98. The van der Waals surface area contributed by atoms with Crippen molar-refractivity contribution in [1.29, 1.82) is 0 Å². The zero-order valence-electron chi connectivity index (χ0n) is 17.6. The summed E-state index contributed by atoms with van der Waals surface area (Å²) in [5, 5.41) is 0. The van der Waals surface area contributed by atoms with Crippen molar-refractivity contribution in [2.45, 2.75) is 17.9 Å². The van der Waals surface area contributed by atoms with E-state index < -0.39 is 21.9 Å². The molecule has 0 atom stereocenters. The van der Waals surface area contributed by atoms with Crippen molar-refractivity contribution in [3.63, 3.8) is 0 Å². The summed E-state index contributed by atoms with van der Waals surface area (Å²) < 4.78 is 33.3. The average Bonchev–Trinajstić information content (AvgIpc) is 2.99. The van der Waals surface area contributed by atoms with Gasteiger partial charge in [-0.15, -0.1) is 0 Å². The first kappa shape index (κ1) is 22.8. The van der Waals surface area contributed by atoms with E-state index in [9.17, 15) is 18.0 Å². The molecule has 1 amide bonds. The largest absolute Gasteiger partial charge is 0.465 e. The van der Waals surface area contributed by atoms with Crippen LogP contribution in [0.4, 0.5) is 4.79 Å². The summed E-state index contributed by atoms with van der Waals surface area (Å²) in [6.07, 6.45) is 1.57. The van der Waals surface area contributed by atoms with Gasteiger partial charge < -0.3 is 14.4 Å². The third kappa shape index (κ3) is 6.28. The van der Waals surface area contributed by atoms with Crippen LogP contribution in [0.2, 0.25) is 0 Å².